The summed E-state index contributed by atoms with van der Waals surface area (Å²) in [5.41, 5.74) is 3.25. The molecule has 0 aliphatic heterocycles. The molecule has 1 fully saturated rings. The van der Waals surface area contributed by atoms with Crippen molar-refractivity contribution in [3.05, 3.63) is 71.8 Å². The topological polar surface area (TPSA) is 86.2 Å². The standard InChI is InChI=1S/C20H24.H3O4P/c1-2-10-16-20(17-11-3-1,18-12-6-4-7-13-18)19-14-8-5-9-15-19;1-5(2,3)4/h4-9,12-15H,1-3,10-11,16-17H2;(H3,1,2,3,4)/p-3. The Bertz CT molecular complexity index is 609. The van der Waals surface area contributed by atoms with Crippen molar-refractivity contribution in [2.75, 3.05) is 0 Å². The van der Waals surface area contributed by atoms with Crippen LogP contribution < -0.4 is 14.7 Å². The summed E-state index contributed by atoms with van der Waals surface area (Å²) in [6.07, 6.45) is 9.48. The average molecular weight is 359 g/mol. The normalized spacial score (nSPS) is 17.6. The summed E-state index contributed by atoms with van der Waals surface area (Å²) < 4.78 is 8.55. The van der Waals surface area contributed by atoms with Crippen molar-refractivity contribution in [3.8, 4) is 0 Å². The summed E-state index contributed by atoms with van der Waals surface area (Å²) in [6, 6.07) is 22.3. The molecule has 2 aromatic rings. The smallest absolute Gasteiger partial charge is 0.0202 e. The van der Waals surface area contributed by atoms with Gasteiger partial charge >= 0.3 is 0 Å². The lowest BCUT2D eigenvalue weighted by Gasteiger charge is -2.37. The molecule has 2 aromatic carbocycles. The van der Waals surface area contributed by atoms with Crippen molar-refractivity contribution in [2.45, 2.75) is 50.4 Å². The molecular weight excluding hydrogens is 335 g/mol. The second kappa shape index (κ2) is 9.30. The van der Waals surface area contributed by atoms with Gasteiger partial charge in [0, 0.05) is 5.41 Å². The van der Waals surface area contributed by atoms with Crippen LogP contribution in [0.4, 0.5) is 0 Å². The largest absolute Gasteiger partial charge is 0.822 e. The average Bonchev–Trinajstić information content (AvgIpc) is 2.55. The summed E-state index contributed by atoms with van der Waals surface area (Å²) in [4.78, 5) is 25.6. The molecule has 25 heavy (non-hydrogen) atoms. The summed E-state index contributed by atoms with van der Waals surface area (Å²) in [5.74, 6) is 0. The Labute approximate surface area is 149 Å². The molecular formula is C20H24O4P-3. The summed E-state index contributed by atoms with van der Waals surface area (Å²) in [5, 5.41) is 0. The van der Waals surface area contributed by atoms with E-state index in [9.17, 15) is 0 Å². The summed E-state index contributed by atoms with van der Waals surface area (Å²) in [6.45, 7) is 0. The molecule has 1 saturated carbocycles. The Balaban J connectivity index is 0.000000399. The predicted molar refractivity (Wildman–Crippen MR) is 93.6 cm³/mol. The van der Waals surface area contributed by atoms with E-state index < -0.39 is 7.82 Å². The quantitative estimate of drug-likeness (QED) is 0.772. The number of rotatable bonds is 2. The fraction of sp³-hybridized carbons (Fsp3) is 0.400. The fourth-order valence-corrected chi connectivity index (χ4v) is 3.77. The van der Waals surface area contributed by atoms with E-state index in [1.165, 1.54) is 56.1 Å². The molecule has 0 atom stereocenters. The molecule has 1 aliphatic rings. The number of hydrogen-bond donors (Lipinski definition) is 0. The zero-order valence-electron chi connectivity index (χ0n) is 14.3. The minimum atomic E-state index is -5.39. The highest BCUT2D eigenvalue weighted by molar-refractivity contribution is 7.40. The molecule has 0 amide bonds. The Kier molecular flexibility index (Phi) is 7.39. The van der Waals surface area contributed by atoms with Gasteiger partial charge in [-0.1, -0.05) is 92.8 Å². The maximum atomic E-state index is 8.55. The molecule has 5 heteroatoms. The zero-order chi connectivity index (χ0) is 18.2. The van der Waals surface area contributed by atoms with Crippen LogP contribution in [0.25, 0.3) is 0 Å². The third kappa shape index (κ3) is 6.41. The first-order valence-electron chi connectivity index (χ1n) is 8.76. The Hall–Kier alpha value is -1.45. The van der Waals surface area contributed by atoms with Crippen molar-refractivity contribution >= 4 is 7.82 Å². The van der Waals surface area contributed by atoms with Gasteiger partial charge in [-0.05, 0) is 24.0 Å². The van der Waals surface area contributed by atoms with Crippen LogP contribution in [0.15, 0.2) is 60.7 Å². The lowest BCUT2D eigenvalue weighted by Crippen LogP contribution is -2.28. The molecule has 0 heterocycles. The number of hydrogen-bond acceptors (Lipinski definition) is 4. The van der Waals surface area contributed by atoms with Crippen LogP contribution in [0.2, 0.25) is 0 Å². The first-order valence-corrected chi connectivity index (χ1v) is 10.2. The highest BCUT2D eigenvalue weighted by atomic mass is 31.2. The van der Waals surface area contributed by atoms with Gasteiger partial charge in [0.2, 0.25) is 0 Å². The molecule has 0 N–H and O–H groups in total. The fourth-order valence-electron chi connectivity index (χ4n) is 3.77. The van der Waals surface area contributed by atoms with Gasteiger partial charge in [-0.25, -0.2) is 0 Å². The van der Waals surface area contributed by atoms with Gasteiger partial charge < -0.3 is 19.2 Å². The van der Waals surface area contributed by atoms with E-state index in [0.29, 0.717) is 0 Å². The third-order valence-electron chi connectivity index (χ3n) is 4.86. The number of phosphoric acid groups is 1. The van der Waals surface area contributed by atoms with Gasteiger partial charge in [0.15, 0.2) is 0 Å². The van der Waals surface area contributed by atoms with E-state index in [0.717, 1.165) is 0 Å². The van der Waals surface area contributed by atoms with Gasteiger partial charge in [0.1, 0.15) is 0 Å². The highest BCUT2D eigenvalue weighted by Crippen LogP contribution is 2.43. The van der Waals surface area contributed by atoms with Gasteiger partial charge in [0.25, 0.3) is 0 Å². The van der Waals surface area contributed by atoms with Gasteiger partial charge in [-0.15, -0.1) is 0 Å². The van der Waals surface area contributed by atoms with Crippen LogP contribution in [-0.2, 0) is 9.98 Å². The SMILES string of the molecule is O=P([O-])([O-])[O-].c1ccc(C2(c3ccccc3)CCCCCCC2)cc1. The lowest BCUT2D eigenvalue weighted by molar-refractivity contribution is -0.432. The monoisotopic (exact) mass is 359 g/mol. The van der Waals surface area contributed by atoms with Crippen molar-refractivity contribution < 1.29 is 19.2 Å². The molecule has 3 rings (SSSR count). The minimum Gasteiger partial charge on any atom is -0.822 e. The van der Waals surface area contributed by atoms with Crippen LogP contribution in [0, 0.1) is 0 Å². The summed E-state index contributed by atoms with van der Waals surface area (Å²) >= 11 is 0. The first kappa shape index (κ1) is 19.9. The van der Waals surface area contributed by atoms with Crippen LogP contribution >= 0.6 is 7.82 Å². The molecule has 1 aliphatic carbocycles. The van der Waals surface area contributed by atoms with E-state index in [-0.39, 0.29) is 5.41 Å². The van der Waals surface area contributed by atoms with Crippen LogP contribution in [0.5, 0.6) is 0 Å². The van der Waals surface area contributed by atoms with Crippen molar-refractivity contribution in [3.63, 3.8) is 0 Å². The third-order valence-corrected chi connectivity index (χ3v) is 4.86. The Morgan fingerprint density at radius 3 is 1.32 bits per heavy atom. The van der Waals surface area contributed by atoms with Gasteiger partial charge in [0.05, 0.1) is 0 Å². The van der Waals surface area contributed by atoms with Gasteiger partial charge in [-0.3, -0.25) is 0 Å². The summed E-state index contributed by atoms with van der Waals surface area (Å²) in [7, 11) is -5.39. The van der Waals surface area contributed by atoms with Crippen LogP contribution in [-0.4, -0.2) is 0 Å². The molecule has 0 unspecified atom stereocenters. The highest BCUT2D eigenvalue weighted by Gasteiger charge is 2.33. The predicted octanol–water partition coefficient (Wildman–Crippen LogP) is 2.89. The number of benzene rings is 2. The second-order valence-corrected chi connectivity index (χ2v) is 7.42. The molecule has 0 bridgehead atoms. The maximum absolute atomic E-state index is 8.55. The lowest BCUT2D eigenvalue weighted by atomic mass is 9.67. The van der Waals surface area contributed by atoms with E-state index >= 15 is 0 Å². The van der Waals surface area contributed by atoms with E-state index in [1.807, 2.05) is 0 Å². The van der Waals surface area contributed by atoms with E-state index in [2.05, 4.69) is 60.7 Å². The van der Waals surface area contributed by atoms with Crippen LogP contribution in [0.1, 0.15) is 56.1 Å². The molecule has 136 valence electrons. The van der Waals surface area contributed by atoms with Crippen molar-refractivity contribution in [2.24, 2.45) is 0 Å². The molecule has 0 aromatic heterocycles. The molecule has 0 spiro atoms. The van der Waals surface area contributed by atoms with Crippen molar-refractivity contribution in [1.82, 2.24) is 0 Å². The molecule has 0 radical (unpaired) electrons. The maximum Gasteiger partial charge on any atom is 0.0202 e. The van der Waals surface area contributed by atoms with Gasteiger partial charge in [-0.2, -0.15) is 7.82 Å². The second-order valence-electron chi connectivity index (χ2n) is 6.53. The Morgan fingerprint density at radius 2 is 0.960 bits per heavy atom. The minimum absolute atomic E-state index is 0.239. The zero-order valence-corrected chi connectivity index (χ0v) is 15.2. The van der Waals surface area contributed by atoms with Crippen LogP contribution in [0.3, 0.4) is 0 Å². The van der Waals surface area contributed by atoms with E-state index in [4.69, 9.17) is 19.2 Å². The Morgan fingerprint density at radius 1 is 0.640 bits per heavy atom. The first-order chi connectivity index (χ1) is 11.9. The molecule has 4 nitrogen and oxygen atoms in total. The van der Waals surface area contributed by atoms with E-state index in [1.54, 1.807) is 0 Å². The van der Waals surface area contributed by atoms with Crippen molar-refractivity contribution in [1.29, 1.82) is 0 Å². The molecule has 0 saturated heterocycles.